The third-order valence-corrected chi connectivity index (χ3v) is 4.50. The minimum absolute atomic E-state index is 0.105. The number of aromatic nitrogens is 2. The Morgan fingerprint density at radius 2 is 2.04 bits per heavy atom. The highest BCUT2D eigenvalue weighted by Crippen LogP contribution is 2.32. The van der Waals surface area contributed by atoms with E-state index in [1.165, 1.54) is 12.8 Å². The van der Waals surface area contributed by atoms with Gasteiger partial charge in [0.25, 0.3) is 5.91 Å². The molecule has 0 N–H and O–H groups in total. The van der Waals surface area contributed by atoms with Gasteiger partial charge in [-0.05, 0) is 43.9 Å². The lowest BCUT2D eigenvalue weighted by atomic mass is 10.2. The molecule has 0 unspecified atom stereocenters. The molecule has 1 aromatic carbocycles. The topological polar surface area (TPSA) is 47.4 Å². The largest absolute Gasteiger partial charge is 0.487 e. The second-order valence-electron chi connectivity index (χ2n) is 6.57. The minimum atomic E-state index is 0.105. The first-order valence-corrected chi connectivity index (χ1v) is 8.26. The minimum Gasteiger partial charge on any atom is -0.487 e. The van der Waals surface area contributed by atoms with Gasteiger partial charge in [-0.1, -0.05) is 18.2 Å². The van der Waals surface area contributed by atoms with E-state index in [2.05, 4.69) is 12.0 Å². The summed E-state index contributed by atoms with van der Waals surface area (Å²) in [6.07, 6.45) is 2.52. The summed E-state index contributed by atoms with van der Waals surface area (Å²) in [6, 6.07) is 11.8. The number of fused-ring (bicyclic) bond motifs is 1. The van der Waals surface area contributed by atoms with Crippen molar-refractivity contribution < 1.29 is 9.53 Å². The predicted octanol–water partition coefficient (Wildman–Crippen LogP) is 2.89. The summed E-state index contributed by atoms with van der Waals surface area (Å²) in [5.74, 6) is 1.63. The molecule has 2 aliphatic rings. The molecule has 1 aromatic heterocycles. The maximum Gasteiger partial charge on any atom is 0.272 e. The van der Waals surface area contributed by atoms with E-state index in [0.717, 1.165) is 24.5 Å². The van der Waals surface area contributed by atoms with E-state index in [1.807, 2.05) is 46.0 Å². The van der Waals surface area contributed by atoms with Crippen LogP contribution >= 0.6 is 0 Å². The normalized spacial score (nSPS) is 20.5. The Hall–Kier alpha value is -2.30. The average molecular weight is 311 g/mol. The maximum atomic E-state index is 12.6. The standard InChI is InChI=1S/C18H21N3O2/c1-13-10-20(11-14-7-8-14)18(22)17-9-15(19-21(13)17)12-23-16-5-3-2-4-6-16/h2-6,9,13-14H,7-8,10-12H2,1H3/t13-/m0/s1. The van der Waals surface area contributed by atoms with Gasteiger partial charge >= 0.3 is 0 Å². The molecule has 1 saturated carbocycles. The van der Waals surface area contributed by atoms with Crippen molar-refractivity contribution in [3.8, 4) is 5.75 Å². The Morgan fingerprint density at radius 3 is 2.78 bits per heavy atom. The van der Waals surface area contributed by atoms with E-state index in [9.17, 15) is 4.79 Å². The Labute approximate surface area is 135 Å². The van der Waals surface area contributed by atoms with E-state index in [4.69, 9.17) is 4.74 Å². The zero-order chi connectivity index (χ0) is 15.8. The third kappa shape index (κ3) is 2.96. The summed E-state index contributed by atoms with van der Waals surface area (Å²) >= 11 is 0. The highest BCUT2D eigenvalue weighted by molar-refractivity contribution is 5.93. The molecular formula is C18H21N3O2. The van der Waals surface area contributed by atoms with Gasteiger partial charge in [0.15, 0.2) is 0 Å². The van der Waals surface area contributed by atoms with Crippen LogP contribution in [0, 0.1) is 5.92 Å². The molecule has 1 amide bonds. The molecule has 1 aliphatic carbocycles. The van der Waals surface area contributed by atoms with Gasteiger partial charge in [0, 0.05) is 13.1 Å². The average Bonchev–Trinajstić information content (AvgIpc) is 3.27. The summed E-state index contributed by atoms with van der Waals surface area (Å²) in [7, 11) is 0. The lowest BCUT2D eigenvalue weighted by Crippen LogP contribution is -2.43. The maximum absolute atomic E-state index is 12.6. The van der Waals surface area contributed by atoms with Gasteiger partial charge < -0.3 is 9.64 Å². The van der Waals surface area contributed by atoms with Crippen LogP contribution in [0.3, 0.4) is 0 Å². The number of amides is 1. The van der Waals surface area contributed by atoms with Gasteiger partial charge in [-0.25, -0.2) is 0 Å². The predicted molar refractivity (Wildman–Crippen MR) is 86.3 cm³/mol. The first kappa shape index (κ1) is 14.3. The van der Waals surface area contributed by atoms with Crippen LogP contribution in [0.1, 0.15) is 42.0 Å². The van der Waals surface area contributed by atoms with Crippen molar-refractivity contribution in [2.24, 2.45) is 5.92 Å². The van der Waals surface area contributed by atoms with Crippen molar-refractivity contribution in [2.75, 3.05) is 13.1 Å². The zero-order valence-electron chi connectivity index (χ0n) is 13.3. The van der Waals surface area contributed by atoms with Gasteiger partial charge in [-0.15, -0.1) is 0 Å². The molecule has 1 fully saturated rings. The van der Waals surface area contributed by atoms with Crippen LogP contribution in [-0.2, 0) is 6.61 Å². The summed E-state index contributed by atoms with van der Waals surface area (Å²) in [5.41, 5.74) is 1.49. The summed E-state index contributed by atoms with van der Waals surface area (Å²) < 4.78 is 7.60. The quantitative estimate of drug-likeness (QED) is 0.853. The fourth-order valence-electron chi connectivity index (χ4n) is 3.10. The molecule has 5 heteroatoms. The van der Waals surface area contributed by atoms with E-state index >= 15 is 0 Å². The Morgan fingerprint density at radius 1 is 1.26 bits per heavy atom. The fraction of sp³-hybridized carbons (Fsp3) is 0.444. The smallest absolute Gasteiger partial charge is 0.272 e. The van der Waals surface area contributed by atoms with Crippen molar-refractivity contribution in [1.29, 1.82) is 0 Å². The number of rotatable bonds is 5. The summed E-state index contributed by atoms with van der Waals surface area (Å²) in [4.78, 5) is 14.6. The van der Waals surface area contributed by atoms with Crippen LogP contribution in [0.4, 0.5) is 0 Å². The van der Waals surface area contributed by atoms with Crippen molar-refractivity contribution in [1.82, 2.24) is 14.7 Å². The number of para-hydroxylation sites is 1. The van der Waals surface area contributed by atoms with E-state index < -0.39 is 0 Å². The molecule has 2 heterocycles. The molecule has 2 aromatic rings. The molecule has 1 aliphatic heterocycles. The SMILES string of the molecule is C[C@H]1CN(CC2CC2)C(=O)c2cc(COc3ccccc3)nn21. The van der Waals surface area contributed by atoms with Crippen molar-refractivity contribution in [2.45, 2.75) is 32.4 Å². The fourth-order valence-corrected chi connectivity index (χ4v) is 3.10. The number of carbonyl (C=O) groups excluding carboxylic acids is 1. The van der Waals surface area contributed by atoms with Gasteiger partial charge in [0.1, 0.15) is 23.7 Å². The molecule has 1 atom stereocenters. The molecule has 23 heavy (non-hydrogen) atoms. The Balaban J connectivity index is 1.49. The Bertz CT molecular complexity index is 706. The number of carbonyl (C=O) groups is 1. The molecule has 0 spiro atoms. The Kier molecular flexibility index (Phi) is 3.56. The molecule has 5 nitrogen and oxygen atoms in total. The number of hydrogen-bond acceptors (Lipinski definition) is 3. The highest BCUT2D eigenvalue weighted by atomic mass is 16.5. The molecule has 0 saturated heterocycles. The van der Waals surface area contributed by atoms with Crippen LogP contribution < -0.4 is 4.74 Å². The molecule has 0 radical (unpaired) electrons. The number of ether oxygens (including phenoxy) is 1. The molecule has 4 rings (SSSR count). The van der Waals surface area contributed by atoms with Crippen molar-refractivity contribution in [3.05, 3.63) is 47.8 Å². The van der Waals surface area contributed by atoms with Gasteiger partial charge in [-0.2, -0.15) is 5.10 Å². The monoisotopic (exact) mass is 311 g/mol. The molecule has 0 bridgehead atoms. The van der Waals surface area contributed by atoms with Gasteiger partial charge in [0.2, 0.25) is 0 Å². The number of benzene rings is 1. The van der Waals surface area contributed by atoms with Gasteiger partial charge in [-0.3, -0.25) is 9.48 Å². The lowest BCUT2D eigenvalue weighted by Gasteiger charge is -2.31. The molecular weight excluding hydrogens is 290 g/mol. The van der Waals surface area contributed by atoms with E-state index in [1.54, 1.807) is 0 Å². The highest BCUT2D eigenvalue weighted by Gasteiger charge is 2.34. The van der Waals surface area contributed by atoms with Gasteiger partial charge in [0.05, 0.1) is 6.04 Å². The third-order valence-electron chi connectivity index (χ3n) is 4.50. The summed E-state index contributed by atoms with van der Waals surface area (Å²) in [5, 5.41) is 4.57. The van der Waals surface area contributed by atoms with Crippen LogP contribution in [0.5, 0.6) is 5.75 Å². The van der Waals surface area contributed by atoms with E-state index in [0.29, 0.717) is 18.2 Å². The second-order valence-corrected chi connectivity index (χ2v) is 6.57. The van der Waals surface area contributed by atoms with Crippen molar-refractivity contribution >= 4 is 5.91 Å². The first-order valence-electron chi connectivity index (χ1n) is 8.26. The van der Waals surface area contributed by atoms with Crippen molar-refractivity contribution in [3.63, 3.8) is 0 Å². The lowest BCUT2D eigenvalue weighted by molar-refractivity contribution is 0.0656. The number of nitrogens with zero attached hydrogens (tertiary/aromatic N) is 3. The van der Waals surface area contributed by atoms with Crippen LogP contribution in [-0.4, -0.2) is 33.7 Å². The van der Waals surface area contributed by atoms with Crippen LogP contribution in [0.2, 0.25) is 0 Å². The summed E-state index contributed by atoms with van der Waals surface area (Å²) in [6.45, 7) is 4.14. The second kappa shape index (κ2) is 5.72. The van der Waals surface area contributed by atoms with Crippen LogP contribution in [0.25, 0.3) is 0 Å². The molecule has 120 valence electrons. The number of hydrogen-bond donors (Lipinski definition) is 0. The van der Waals surface area contributed by atoms with E-state index in [-0.39, 0.29) is 11.9 Å². The first-order chi connectivity index (χ1) is 11.2. The zero-order valence-corrected chi connectivity index (χ0v) is 13.3. The van der Waals surface area contributed by atoms with Crippen LogP contribution in [0.15, 0.2) is 36.4 Å².